The van der Waals surface area contributed by atoms with Gasteiger partial charge in [-0.05, 0) is 13.3 Å². The Kier molecular flexibility index (Phi) is 7.30. The maximum absolute atomic E-state index is 11.5. The van der Waals surface area contributed by atoms with Gasteiger partial charge in [0.05, 0.1) is 19.2 Å². The number of aliphatic carboxylic acids is 1. The number of urea groups is 1. The lowest BCUT2D eigenvalue weighted by atomic mass is 10.1. The average molecular weight is 262 g/mol. The fourth-order valence-electron chi connectivity index (χ4n) is 1.31. The first-order valence-electron chi connectivity index (χ1n) is 5.82. The van der Waals surface area contributed by atoms with Gasteiger partial charge in [-0.25, -0.2) is 9.59 Å². The van der Waals surface area contributed by atoms with E-state index in [9.17, 15) is 14.7 Å². The molecule has 0 radical (unpaired) electrons. The van der Waals surface area contributed by atoms with Gasteiger partial charge in [-0.1, -0.05) is 13.3 Å². The van der Waals surface area contributed by atoms with E-state index in [-0.39, 0.29) is 12.6 Å². The van der Waals surface area contributed by atoms with E-state index in [4.69, 9.17) is 9.84 Å². The standard InChI is InChI=1S/C11H22N2O5/c1-4-5-8(6-18-3)13-10(16)12-7-11(2,17)9(14)15/h8,17H,4-7H2,1-3H3,(H,14,15)(H2,12,13,16). The highest BCUT2D eigenvalue weighted by Gasteiger charge is 2.30. The first-order chi connectivity index (χ1) is 8.33. The maximum Gasteiger partial charge on any atom is 0.337 e. The molecule has 0 aromatic rings. The summed E-state index contributed by atoms with van der Waals surface area (Å²) in [6.45, 7) is 3.13. The van der Waals surface area contributed by atoms with Gasteiger partial charge in [0.15, 0.2) is 5.60 Å². The number of carboxylic acids is 1. The van der Waals surface area contributed by atoms with E-state index < -0.39 is 17.6 Å². The van der Waals surface area contributed by atoms with Crippen molar-refractivity contribution in [2.24, 2.45) is 0 Å². The average Bonchev–Trinajstić information content (AvgIpc) is 2.27. The van der Waals surface area contributed by atoms with Crippen molar-refractivity contribution in [3.05, 3.63) is 0 Å². The number of hydrogen-bond donors (Lipinski definition) is 4. The van der Waals surface area contributed by atoms with Crippen LogP contribution in [0.2, 0.25) is 0 Å². The molecule has 0 aromatic heterocycles. The van der Waals surface area contributed by atoms with Gasteiger partial charge in [0.2, 0.25) is 0 Å². The highest BCUT2D eigenvalue weighted by molar-refractivity contribution is 5.79. The molecule has 0 aliphatic rings. The van der Waals surface area contributed by atoms with Crippen molar-refractivity contribution in [2.75, 3.05) is 20.3 Å². The summed E-state index contributed by atoms with van der Waals surface area (Å²) in [5, 5.41) is 23.0. The largest absolute Gasteiger partial charge is 0.479 e. The summed E-state index contributed by atoms with van der Waals surface area (Å²) in [5.74, 6) is -1.38. The number of aliphatic hydroxyl groups is 1. The van der Waals surface area contributed by atoms with E-state index in [1.54, 1.807) is 0 Å². The van der Waals surface area contributed by atoms with E-state index in [2.05, 4.69) is 10.6 Å². The number of carbonyl (C=O) groups excluding carboxylic acids is 1. The SMILES string of the molecule is CCCC(COC)NC(=O)NCC(C)(O)C(=O)O. The molecule has 0 aliphatic heterocycles. The number of amides is 2. The molecule has 2 atom stereocenters. The van der Waals surface area contributed by atoms with Gasteiger partial charge in [-0.3, -0.25) is 0 Å². The molecule has 0 heterocycles. The first-order valence-corrected chi connectivity index (χ1v) is 5.82. The minimum absolute atomic E-state index is 0.130. The summed E-state index contributed by atoms with van der Waals surface area (Å²) in [6, 6.07) is -0.651. The second-order valence-electron chi connectivity index (χ2n) is 4.35. The molecule has 7 nitrogen and oxygen atoms in total. The molecule has 2 amide bonds. The zero-order chi connectivity index (χ0) is 14.2. The highest BCUT2D eigenvalue weighted by Crippen LogP contribution is 2.01. The van der Waals surface area contributed by atoms with Gasteiger partial charge in [-0.15, -0.1) is 0 Å². The van der Waals surface area contributed by atoms with Gasteiger partial charge in [-0.2, -0.15) is 0 Å². The molecule has 0 rings (SSSR count). The second-order valence-corrected chi connectivity index (χ2v) is 4.35. The molecule has 0 fully saturated rings. The summed E-state index contributed by atoms with van der Waals surface area (Å²) < 4.78 is 4.96. The fraction of sp³-hybridized carbons (Fsp3) is 0.818. The third kappa shape index (κ3) is 6.41. The molecule has 2 unspecified atom stereocenters. The Morgan fingerprint density at radius 3 is 2.50 bits per heavy atom. The van der Waals surface area contributed by atoms with Crippen LogP contribution in [0.5, 0.6) is 0 Å². The van der Waals surface area contributed by atoms with Crippen molar-refractivity contribution in [2.45, 2.75) is 38.3 Å². The van der Waals surface area contributed by atoms with Crippen molar-refractivity contribution < 1.29 is 24.5 Å². The van der Waals surface area contributed by atoms with Gasteiger partial charge in [0.25, 0.3) is 0 Å². The fourth-order valence-corrected chi connectivity index (χ4v) is 1.31. The van der Waals surface area contributed by atoms with Crippen LogP contribution >= 0.6 is 0 Å². The van der Waals surface area contributed by atoms with Crippen molar-refractivity contribution in [3.63, 3.8) is 0 Å². The predicted octanol–water partition coefficient (Wildman–Crippen LogP) is -0.0637. The minimum Gasteiger partial charge on any atom is -0.479 e. The van der Waals surface area contributed by atoms with Crippen molar-refractivity contribution in [3.8, 4) is 0 Å². The van der Waals surface area contributed by atoms with Gasteiger partial charge >= 0.3 is 12.0 Å². The van der Waals surface area contributed by atoms with E-state index in [0.29, 0.717) is 6.61 Å². The normalized spacial score (nSPS) is 15.6. The third-order valence-corrected chi connectivity index (χ3v) is 2.39. The van der Waals surface area contributed by atoms with Crippen molar-refractivity contribution >= 4 is 12.0 Å². The molecule has 0 aliphatic carbocycles. The van der Waals surface area contributed by atoms with E-state index >= 15 is 0 Å². The molecule has 0 bridgehead atoms. The van der Waals surface area contributed by atoms with E-state index in [1.165, 1.54) is 7.11 Å². The van der Waals surface area contributed by atoms with Crippen LogP contribution < -0.4 is 10.6 Å². The van der Waals surface area contributed by atoms with Crippen LogP contribution in [0.4, 0.5) is 4.79 Å². The summed E-state index contributed by atoms with van der Waals surface area (Å²) in [6.07, 6.45) is 1.65. The monoisotopic (exact) mass is 262 g/mol. The Hall–Kier alpha value is -1.34. The third-order valence-electron chi connectivity index (χ3n) is 2.39. The Labute approximate surface area is 107 Å². The Morgan fingerprint density at radius 2 is 2.06 bits per heavy atom. The molecule has 106 valence electrons. The van der Waals surface area contributed by atoms with Crippen LogP contribution in [0.25, 0.3) is 0 Å². The molecular formula is C11H22N2O5. The van der Waals surface area contributed by atoms with Crippen molar-refractivity contribution in [1.82, 2.24) is 10.6 Å². The summed E-state index contributed by atoms with van der Waals surface area (Å²) in [5.41, 5.74) is -1.97. The lowest BCUT2D eigenvalue weighted by molar-refractivity contribution is -0.155. The molecule has 18 heavy (non-hydrogen) atoms. The lowest BCUT2D eigenvalue weighted by Gasteiger charge is -2.21. The highest BCUT2D eigenvalue weighted by atomic mass is 16.5. The number of ether oxygens (including phenoxy) is 1. The minimum atomic E-state index is -1.97. The van der Waals surface area contributed by atoms with Crippen LogP contribution in [0.3, 0.4) is 0 Å². The zero-order valence-electron chi connectivity index (χ0n) is 11.0. The lowest BCUT2D eigenvalue weighted by Crippen LogP contribution is -2.51. The summed E-state index contributed by atoms with van der Waals surface area (Å²) in [7, 11) is 1.54. The zero-order valence-corrected chi connectivity index (χ0v) is 11.0. The van der Waals surface area contributed by atoms with E-state index in [0.717, 1.165) is 19.8 Å². The smallest absolute Gasteiger partial charge is 0.337 e. The van der Waals surface area contributed by atoms with E-state index in [1.807, 2.05) is 6.92 Å². The number of nitrogens with one attached hydrogen (secondary N) is 2. The molecule has 0 aromatic carbocycles. The van der Waals surface area contributed by atoms with Crippen LogP contribution in [0.1, 0.15) is 26.7 Å². The van der Waals surface area contributed by atoms with Crippen LogP contribution in [-0.4, -0.2) is 54.1 Å². The Balaban J connectivity index is 4.12. The number of methoxy groups -OCH3 is 1. The molecule has 7 heteroatoms. The van der Waals surface area contributed by atoms with Crippen molar-refractivity contribution in [1.29, 1.82) is 0 Å². The number of rotatable bonds is 8. The molecule has 0 spiro atoms. The summed E-state index contributed by atoms with van der Waals surface area (Å²) >= 11 is 0. The Bertz CT molecular complexity index is 275. The van der Waals surface area contributed by atoms with Gasteiger partial charge < -0.3 is 25.6 Å². The number of carboxylic acid groups (broad SMARTS) is 1. The molecule has 0 saturated carbocycles. The molecule has 0 saturated heterocycles. The maximum atomic E-state index is 11.5. The second kappa shape index (κ2) is 7.88. The first kappa shape index (κ1) is 16.7. The molecule has 4 N–H and O–H groups in total. The Morgan fingerprint density at radius 1 is 1.44 bits per heavy atom. The van der Waals surface area contributed by atoms with Gasteiger partial charge in [0.1, 0.15) is 0 Å². The van der Waals surface area contributed by atoms with Gasteiger partial charge in [0, 0.05) is 7.11 Å². The van der Waals surface area contributed by atoms with Crippen LogP contribution in [-0.2, 0) is 9.53 Å². The number of hydrogen-bond acceptors (Lipinski definition) is 4. The predicted molar refractivity (Wildman–Crippen MR) is 65.4 cm³/mol. The van der Waals surface area contributed by atoms with Crippen LogP contribution in [0.15, 0.2) is 0 Å². The summed E-state index contributed by atoms with van der Waals surface area (Å²) in [4.78, 5) is 22.1. The van der Waals surface area contributed by atoms with Crippen LogP contribution in [0, 0.1) is 0 Å². The quantitative estimate of drug-likeness (QED) is 0.490. The topological polar surface area (TPSA) is 108 Å². The molecular weight excluding hydrogens is 240 g/mol. The number of carbonyl (C=O) groups is 2.